The van der Waals surface area contributed by atoms with E-state index in [1.165, 1.54) is 12.1 Å². The van der Waals surface area contributed by atoms with Crippen LogP contribution in [-0.4, -0.2) is 71.1 Å². The molecule has 2 aliphatic rings. The van der Waals surface area contributed by atoms with Crippen LogP contribution in [0, 0.1) is 5.82 Å². The van der Waals surface area contributed by atoms with Gasteiger partial charge in [-0.1, -0.05) is 6.08 Å². The normalized spacial score (nSPS) is 19.9. The standard InChI is InChI=1S/C29H31F4N7O2/c1-17-15-40(16-18(2)38(17)3)25-13-23(30)20(19-5-9-39(10-6-19)28-34-7-4-8-35-28)11-24(25)37-27(42)21-14-36-26(41)12-22(21)29(31,32)33/h4-5,7-8,11-14,17-18H,6,9-10,15-16H2,1-3H3,(H,36,41)(H,37,42)/t17-,18+. The highest BCUT2D eigenvalue weighted by Gasteiger charge is 2.36. The molecule has 0 radical (unpaired) electrons. The number of carbonyl (C=O) groups is 1. The zero-order chi connectivity index (χ0) is 30.2. The van der Waals surface area contributed by atoms with E-state index in [-0.39, 0.29) is 23.3 Å². The number of carbonyl (C=O) groups excluding carboxylic acids is 1. The van der Waals surface area contributed by atoms with Crippen molar-refractivity contribution in [1.29, 1.82) is 0 Å². The fourth-order valence-electron chi connectivity index (χ4n) is 5.41. The number of nitrogens with one attached hydrogen (secondary N) is 2. The molecule has 13 heteroatoms. The predicted octanol–water partition coefficient (Wildman–Crippen LogP) is 4.40. The van der Waals surface area contributed by atoms with Crippen LogP contribution in [-0.2, 0) is 6.18 Å². The number of anilines is 3. The number of piperazine rings is 1. The summed E-state index contributed by atoms with van der Waals surface area (Å²) in [5.41, 5.74) is -1.60. The molecule has 42 heavy (non-hydrogen) atoms. The molecule has 2 aliphatic heterocycles. The number of aromatic amines is 1. The summed E-state index contributed by atoms with van der Waals surface area (Å²) in [4.78, 5) is 41.6. The van der Waals surface area contributed by atoms with Crippen molar-refractivity contribution in [2.75, 3.05) is 48.3 Å². The maximum Gasteiger partial charge on any atom is 0.417 e. The molecule has 0 unspecified atom stereocenters. The number of nitrogens with zero attached hydrogens (tertiary/aromatic N) is 5. The third-order valence-electron chi connectivity index (χ3n) is 7.90. The Morgan fingerprint density at radius 2 is 1.76 bits per heavy atom. The van der Waals surface area contributed by atoms with E-state index in [0.717, 1.165) is 6.20 Å². The van der Waals surface area contributed by atoms with Crippen LogP contribution < -0.4 is 20.7 Å². The summed E-state index contributed by atoms with van der Waals surface area (Å²) in [7, 11) is 1.99. The number of rotatable bonds is 5. The molecule has 2 aromatic heterocycles. The summed E-state index contributed by atoms with van der Waals surface area (Å²) in [6.45, 7) is 6.04. The molecule has 0 bridgehead atoms. The average molecular weight is 586 g/mol. The lowest BCUT2D eigenvalue weighted by molar-refractivity contribution is -0.138. The largest absolute Gasteiger partial charge is 0.417 e. The van der Waals surface area contributed by atoms with E-state index in [2.05, 4.69) is 25.2 Å². The molecule has 1 aromatic carbocycles. The van der Waals surface area contributed by atoms with Gasteiger partial charge in [0.1, 0.15) is 5.82 Å². The number of amides is 1. The molecule has 5 rings (SSSR count). The molecule has 1 amide bonds. The molecular weight excluding hydrogens is 554 g/mol. The van der Waals surface area contributed by atoms with Crippen LogP contribution in [0.4, 0.5) is 34.9 Å². The Morgan fingerprint density at radius 1 is 1.07 bits per heavy atom. The van der Waals surface area contributed by atoms with Gasteiger partial charge in [0.2, 0.25) is 11.5 Å². The Morgan fingerprint density at radius 3 is 2.38 bits per heavy atom. The van der Waals surface area contributed by atoms with Gasteiger partial charge < -0.3 is 20.1 Å². The van der Waals surface area contributed by atoms with Crippen LogP contribution in [0.5, 0.6) is 0 Å². The molecule has 2 atom stereocenters. The molecule has 9 nitrogen and oxygen atoms in total. The highest BCUT2D eigenvalue weighted by atomic mass is 19.4. The number of benzene rings is 1. The SMILES string of the molecule is C[C@@H]1CN(c2cc(F)c(C3=CCN(c4ncccn4)CC3)cc2NC(=O)c2c[nH]c(=O)cc2C(F)(F)F)C[C@H](C)N1C. The van der Waals surface area contributed by atoms with Crippen molar-refractivity contribution in [3.8, 4) is 0 Å². The van der Waals surface area contributed by atoms with Crippen molar-refractivity contribution >= 4 is 28.8 Å². The fraction of sp³-hybridized carbons (Fsp3) is 0.379. The second-order valence-electron chi connectivity index (χ2n) is 10.7. The number of hydrogen-bond donors (Lipinski definition) is 2. The highest BCUT2D eigenvalue weighted by molar-refractivity contribution is 6.07. The summed E-state index contributed by atoms with van der Waals surface area (Å²) < 4.78 is 56.9. The third-order valence-corrected chi connectivity index (χ3v) is 7.90. The van der Waals surface area contributed by atoms with Gasteiger partial charge in [-0.25, -0.2) is 14.4 Å². The van der Waals surface area contributed by atoms with Crippen molar-refractivity contribution in [2.45, 2.75) is 38.5 Å². The molecule has 3 aromatic rings. The third kappa shape index (κ3) is 6.01. The molecule has 2 N–H and O–H groups in total. The van der Waals surface area contributed by atoms with E-state index < -0.39 is 34.6 Å². The van der Waals surface area contributed by atoms with E-state index in [1.807, 2.05) is 36.8 Å². The Hall–Kier alpha value is -4.26. The molecule has 4 heterocycles. The molecule has 0 aliphatic carbocycles. The van der Waals surface area contributed by atoms with Crippen LogP contribution >= 0.6 is 0 Å². The Labute approximate surface area is 239 Å². The monoisotopic (exact) mass is 585 g/mol. The number of likely N-dealkylation sites (N-methyl/N-ethyl adjacent to an activating group) is 1. The van der Waals surface area contributed by atoms with Crippen molar-refractivity contribution in [3.63, 3.8) is 0 Å². The van der Waals surface area contributed by atoms with Crippen LogP contribution in [0.1, 0.15) is 41.8 Å². The number of hydrogen-bond acceptors (Lipinski definition) is 7. The zero-order valence-corrected chi connectivity index (χ0v) is 23.4. The minimum Gasteiger partial charge on any atom is -0.367 e. The molecule has 0 saturated carbocycles. The highest BCUT2D eigenvalue weighted by Crippen LogP contribution is 2.37. The first kappa shape index (κ1) is 29.2. The van der Waals surface area contributed by atoms with E-state index in [0.29, 0.717) is 55.9 Å². The van der Waals surface area contributed by atoms with Crippen LogP contribution in [0.25, 0.3) is 5.57 Å². The van der Waals surface area contributed by atoms with E-state index in [9.17, 15) is 22.8 Å². The van der Waals surface area contributed by atoms with Gasteiger partial charge in [-0.2, -0.15) is 13.2 Å². The van der Waals surface area contributed by atoms with Crippen molar-refractivity contribution in [1.82, 2.24) is 19.9 Å². The number of pyridine rings is 1. The summed E-state index contributed by atoms with van der Waals surface area (Å²) in [6.07, 6.45) is 1.41. The van der Waals surface area contributed by atoms with Gasteiger partial charge in [0, 0.05) is 68.5 Å². The Balaban J connectivity index is 1.53. The Bertz CT molecular complexity index is 1550. The minimum atomic E-state index is -4.93. The molecule has 1 fully saturated rings. The number of halogens is 4. The summed E-state index contributed by atoms with van der Waals surface area (Å²) >= 11 is 0. The smallest absolute Gasteiger partial charge is 0.367 e. The summed E-state index contributed by atoms with van der Waals surface area (Å²) in [5, 5.41) is 2.60. The first-order valence-electron chi connectivity index (χ1n) is 13.6. The first-order chi connectivity index (χ1) is 19.9. The average Bonchev–Trinajstić information content (AvgIpc) is 2.96. The van der Waals surface area contributed by atoms with E-state index in [1.54, 1.807) is 18.5 Å². The van der Waals surface area contributed by atoms with Crippen molar-refractivity contribution in [3.05, 3.63) is 81.8 Å². The molecule has 0 spiro atoms. The lowest BCUT2D eigenvalue weighted by atomic mass is 9.97. The van der Waals surface area contributed by atoms with Gasteiger partial charge in [0.05, 0.1) is 22.5 Å². The molecule has 222 valence electrons. The maximum atomic E-state index is 15.8. The van der Waals surface area contributed by atoms with Gasteiger partial charge in [0.15, 0.2) is 0 Å². The van der Waals surface area contributed by atoms with Gasteiger partial charge in [-0.05, 0) is 51.1 Å². The van der Waals surface area contributed by atoms with Gasteiger partial charge >= 0.3 is 6.18 Å². The Kier molecular flexibility index (Phi) is 8.04. The van der Waals surface area contributed by atoms with Crippen molar-refractivity contribution in [2.24, 2.45) is 0 Å². The van der Waals surface area contributed by atoms with Crippen LogP contribution in [0.15, 0.2) is 53.7 Å². The van der Waals surface area contributed by atoms with Gasteiger partial charge in [-0.15, -0.1) is 0 Å². The summed E-state index contributed by atoms with van der Waals surface area (Å²) in [6, 6.07) is 5.08. The fourth-order valence-corrected chi connectivity index (χ4v) is 5.41. The summed E-state index contributed by atoms with van der Waals surface area (Å²) in [5.74, 6) is -1.02. The van der Waals surface area contributed by atoms with Gasteiger partial charge in [-0.3, -0.25) is 14.5 Å². The maximum absolute atomic E-state index is 15.8. The number of aromatic nitrogens is 3. The van der Waals surface area contributed by atoms with E-state index in [4.69, 9.17) is 0 Å². The van der Waals surface area contributed by atoms with Crippen LogP contribution in [0.2, 0.25) is 0 Å². The van der Waals surface area contributed by atoms with E-state index >= 15 is 4.39 Å². The second kappa shape index (κ2) is 11.6. The quantitative estimate of drug-likeness (QED) is 0.429. The topological polar surface area (TPSA) is 97.5 Å². The minimum absolute atomic E-state index is 0.100. The van der Waals surface area contributed by atoms with Crippen LogP contribution in [0.3, 0.4) is 0 Å². The lowest BCUT2D eigenvalue weighted by Crippen LogP contribution is -2.55. The van der Waals surface area contributed by atoms with Gasteiger partial charge in [0.25, 0.3) is 5.91 Å². The number of alkyl halides is 3. The lowest BCUT2D eigenvalue weighted by Gasteiger charge is -2.44. The predicted molar refractivity (Wildman–Crippen MR) is 152 cm³/mol. The number of H-pyrrole nitrogens is 1. The molecular formula is C29H31F4N7O2. The molecule has 1 saturated heterocycles. The second-order valence-corrected chi connectivity index (χ2v) is 10.7. The first-order valence-corrected chi connectivity index (χ1v) is 13.6. The zero-order valence-electron chi connectivity index (χ0n) is 23.4. The van der Waals surface area contributed by atoms with Crippen molar-refractivity contribution < 1.29 is 22.4 Å².